The van der Waals surface area contributed by atoms with E-state index in [1.165, 1.54) is 4.90 Å². The van der Waals surface area contributed by atoms with Gasteiger partial charge in [-0.15, -0.1) is 0 Å². The molecule has 0 radical (unpaired) electrons. The first-order chi connectivity index (χ1) is 9.02. The molecule has 1 amide bonds. The van der Waals surface area contributed by atoms with Crippen molar-refractivity contribution >= 4 is 11.6 Å². The van der Waals surface area contributed by atoms with Crippen LogP contribution in [0.3, 0.4) is 0 Å². The van der Waals surface area contributed by atoms with Crippen LogP contribution >= 0.6 is 0 Å². The molecule has 2 rings (SSSR count). The lowest BCUT2D eigenvalue weighted by Crippen LogP contribution is -2.44. The second kappa shape index (κ2) is 5.50. The number of hydrogen-bond donors (Lipinski definition) is 2. The zero-order valence-corrected chi connectivity index (χ0v) is 10.5. The second-order valence-electron chi connectivity index (χ2n) is 4.39. The summed E-state index contributed by atoms with van der Waals surface area (Å²) in [6.45, 7) is 3.06. The Labute approximate surface area is 109 Å². The molecule has 1 aromatic rings. The van der Waals surface area contributed by atoms with Gasteiger partial charge in [0.25, 0.3) is 5.91 Å². The minimum Gasteiger partial charge on any atom is -0.375 e. The average molecular weight is 271 g/mol. The normalized spacial score (nSPS) is 19.4. The van der Waals surface area contributed by atoms with Gasteiger partial charge in [0.05, 0.1) is 12.7 Å². The van der Waals surface area contributed by atoms with Crippen molar-refractivity contribution in [2.75, 3.05) is 25.1 Å². The monoisotopic (exact) mass is 271 g/mol. The number of ether oxygens (including phenoxy) is 1. The first-order valence-corrected chi connectivity index (χ1v) is 5.89. The number of anilines is 1. The van der Waals surface area contributed by atoms with Gasteiger partial charge in [0, 0.05) is 18.7 Å². The quantitative estimate of drug-likeness (QED) is 0.624. The number of hydrazine groups is 1. The van der Waals surface area contributed by atoms with Gasteiger partial charge < -0.3 is 15.1 Å². The lowest BCUT2D eigenvalue weighted by atomic mass is 10.1. The smallest absolute Gasteiger partial charge is 0.254 e. The number of carbonyl (C=O) groups is 1. The van der Waals surface area contributed by atoms with E-state index in [-0.39, 0.29) is 11.7 Å². The van der Waals surface area contributed by atoms with Crippen LogP contribution in [0.4, 0.5) is 14.5 Å². The maximum Gasteiger partial charge on any atom is 0.254 e. The predicted molar refractivity (Wildman–Crippen MR) is 65.5 cm³/mol. The Morgan fingerprint density at radius 1 is 1.47 bits per heavy atom. The molecule has 1 aliphatic rings. The summed E-state index contributed by atoms with van der Waals surface area (Å²) in [5, 5.41) is 0. The summed E-state index contributed by atoms with van der Waals surface area (Å²) < 4.78 is 32.4. The van der Waals surface area contributed by atoms with Crippen molar-refractivity contribution in [1.29, 1.82) is 0 Å². The molecule has 5 nitrogen and oxygen atoms in total. The minimum absolute atomic E-state index is 0.0388. The van der Waals surface area contributed by atoms with Crippen molar-refractivity contribution < 1.29 is 18.3 Å². The molecule has 0 spiro atoms. The van der Waals surface area contributed by atoms with Crippen LogP contribution in [0.5, 0.6) is 0 Å². The average Bonchev–Trinajstić information content (AvgIpc) is 2.37. The van der Waals surface area contributed by atoms with E-state index in [4.69, 9.17) is 10.6 Å². The van der Waals surface area contributed by atoms with E-state index in [0.717, 1.165) is 12.1 Å². The first-order valence-electron chi connectivity index (χ1n) is 5.89. The van der Waals surface area contributed by atoms with Gasteiger partial charge in [-0.05, 0) is 19.1 Å². The molecule has 1 atom stereocenters. The maximum absolute atomic E-state index is 13.5. The highest BCUT2D eigenvalue weighted by molar-refractivity contribution is 5.94. The van der Waals surface area contributed by atoms with Crippen molar-refractivity contribution in [3.8, 4) is 0 Å². The lowest BCUT2D eigenvalue weighted by molar-refractivity contribution is -0.0124. The molecule has 1 heterocycles. The molecule has 1 aromatic carbocycles. The molecular weight excluding hydrogens is 256 g/mol. The molecule has 1 unspecified atom stereocenters. The van der Waals surface area contributed by atoms with Gasteiger partial charge in [0.2, 0.25) is 0 Å². The molecule has 3 N–H and O–H groups in total. The van der Waals surface area contributed by atoms with Crippen molar-refractivity contribution in [2.24, 2.45) is 5.84 Å². The molecule has 1 fully saturated rings. The number of amides is 1. The number of carbonyl (C=O) groups excluding carboxylic acids is 1. The van der Waals surface area contributed by atoms with Gasteiger partial charge >= 0.3 is 0 Å². The van der Waals surface area contributed by atoms with Crippen LogP contribution in [-0.4, -0.2) is 36.6 Å². The summed E-state index contributed by atoms with van der Waals surface area (Å²) in [4.78, 5) is 13.6. The van der Waals surface area contributed by atoms with E-state index >= 15 is 0 Å². The first kappa shape index (κ1) is 13.7. The fraction of sp³-hybridized carbons (Fsp3) is 0.417. The minimum atomic E-state index is -0.896. The summed E-state index contributed by atoms with van der Waals surface area (Å²) in [5.41, 5.74) is 1.43. The number of rotatable bonds is 2. The van der Waals surface area contributed by atoms with E-state index in [1.807, 2.05) is 12.3 Å². The van der Waals surface area contributed by atoms with Gasteiger partial charge in [-0.2, -0.15) is 0 Å². The van der Waals surface area contributed by atoms with Crippen molar-refractivity contribution in [2.45, 2.75) is 13.0 Å². The lowest BCUT2D eigenvalue weighted by Gasteiger charge is -2.31. The number of morpholine rings is 1. The van der Waals surface area contributed by atoms with Gasteiger partial charge in [-0.25, -0.2) is 8.78 Å². The molecule has 19 heavy (non-hydrogen) atoms. The standard InChI is InChI=1S/C12H15F2N3O2/c1-7-6-17(2-3-19-7)12(18)8-4-9(13)11(16-15)10(14)5-8/h4-5,7,16H,2-3,6,15H2,1H3. The summed E-state index contributed by atoms with van der Waals surface area (Å²) in [5.74, 6) is 2.78. The van der Waals surface area contributed by atoms with E-state index in [1.54, 1.807) is 0 Å². The highest BCUT2D eigenvalue weighted by Crippen LogP contribution is 2.21. The zero-order chi connectivity index (χ0) is 14.0. The molecule has 104 valence electrons. The summed E-state index contributed by atoms with van der Waals surface area (Å²) in [6.07, 6.45) is -0.0858. The highest BCUT2D eigenvalue weighted by atomic mass is 19.1. The Morgan fingerprint density at radius 3 is 2.63 bits per heavy atom. The van der Waals surface area contributed by atoms with Crippen molar-refractivity contribution in [3.63, 3.8) is 0 Å². The van der Waals surface area contributed by atoms with Crippen LogP contribution in [0.1, 0.15) is 17.3 Å². The van der Waals surface area contributed by atoms with Crippen molar-refractivity contribution in [1.82, 2.24) is 4.90 Å². The molecule has 0 saturated carbocycles. The maximum atomic E-state index is 13.5. The van der Waals surface area contributed by atoms with Crippen LogP contribution in [0.2, 0.25) is 0 Å². The molecule has 7 heteroatoms. The number of hydrogen-bond acceptors (Lipinski definition) is 4. The number of nitrogens with two attached hydrogens (primary N) is 1. The number of nitrogen functional groups attached to an aromatic ring is 1. The van der Waals surface area contributed by atoms with Crippen LogP contribution in [0, 0.1) is 11.6 Å². The molecule has 1 saturated heterocycles. The summed E-state index contributed by atoms with van der Waals surface area (Å²) in [6, 6.07) is 1.95. The van der Waals surface area contributed by atoms with E-state index in [9.17, 15) is 13.6 Å². The van der Waals surface area contributed by atoms with Gasteiger partial charge in [0.1, 0.15) is 5.69 Å². The highest BCUT2D eigenvalue weighted by Gasteiger charge is 2.24. The molecular formula is C12H15F2N3O2. The van der Waals surface area contributed by atoms with Gasteiger partial charge in [-0.3, -0.25) is 10.6 Å². The largest absolute Gasteiger partial charge is 0.375 e. The van der Waals surface area contributed by atoms with Gasteiger partial charge in [-0.1, -0.05) is 0 Å². The van der Waals surface area contributed by atoms with E-state index in [0.29, 0.717) is 19.7 Å². The zero-order valence-electron chi connectivity index (χ0n) is 10.5. The molecule has 0 bridgehead atoms. The Morgan fingerprint density at radius 2 is 2.11 bits per heavy atom. The van der Waals surface area contributed by atoms with Gasteiger partial charge in [0.15, 0.2) is 11.6 Å². The summed E-state index contributed by atoms with van der Waals surface area (Å²) >= 11 is 0. The number of nitrogens with zero attached hydrogens (tertiary/aromatic N) is 1. The van der Waals surface area contributed by atoms with Crippen molar-refractivity contribution in [3.05, 3.63) is 29.3 Å². The fourth-order valence-corrected chi connectivity index (χ4v) is 2.02. The molecule has 0 aliphatic carbocycles. The van der Waals surface area contributed by atoms with E-state index in [2.05, 4.69) is 0 Å². The van der Waals surface area contributed by atoms with Crippen LogP contribution in [0.15, 0.2) is 12.1 Å². The SMILES string of the molecule is CC1CN(C(=O)c2cc(F)c(NN)c(F)c2)CCO1. The Balaban J connectivity index is 2.24. The number of halogens is 2. The third kappa shape index (κ3) is 2.82. The third-order valence-corrected chi connectivity index (χ3v) is 2.96. The van der Waals surface area contributed by atoms with E-state index < -0.39 is 23.2 Å². The van der Waals surface area contributed by atoms with Crippen LogP contribution in [-0.2, 0) is 4.74 Å². The Kier molecular flexibility index (Phi) is 3.96. The molecule has 0 aromatic heterocycles. The Bertz CT molecular complexity index is 473. The number of nitrogens with one attached hydrogen (secondary N) is 1. The third-order valence-electron chi connectivity index (χ3n) is 2.96. The fourth-order valence-electron chi connectivity index (χ4n) is 2.02. The summed E-state index contributed by atoms with van der Waals surface area (Å²) in [7, 11) is 0. The number of benzene rings is 1. The van der Waals surface area contributed by atoms with Crippen LogP contribution < -0.4 is 11.3 Å². The van der Waals surface area contributed by atoms with Crippen LogP contribution in [0.25, 0.3) is 0 Å². The Hall–Kier alpha value is -1.73. The topological polar surface area (TPSA) is 67.6 Å². The molecule has 1 aliphatic heterocycles. The predicted octanol–water partition coefficient (Wildman–Crippen LogP) is 1.11. The second-order valence-corrected chi connectivity index (χ2v) is 4.39.